The minimum absolute atomic E-state index is 0.501. The lowest BCUT2D eigenvalue weighted by Gasteiger charge is -2.19. The molecule has 0 saturated heterocycles. The molecule has 0 fully saturated rings. The first-order valence-corrected chi connectivity index (χ1v) is 12.7. The van der Waals surface area contributed by atoms with Crippen LogP contribution in [-0.2, 0) is 12.8 Å². The number of nitrogens with two attached hydrogens (primary N) is 1. The lowest BCUT2D eigenvalue weighted by Crippen LogP contribution is -2.24. The Kier molecular flexibility index (Phi) is 7.79. The van der Waals surface area contributed by atoms with Crippen molar-refractivity contribution in [2.24, 2.45) is 0 Å². The second-order valence-electron chi connectivity index (χ2n) is 9.57. The fourth-order valence-corrected chi connectivity index (χ4v) is 4.83. The minimum Gasteiger partial charge on any atom is -0.382 e. The van der Waals surface area contributed by atoms with Crippen LogP contribution in [0.15, 0.2) is 54.7 Å². The zero-order valence-electron chi connectivity index (χ0n) is 21.1. The second-order valence-corrected chi connectivity index (χ2v) is 9.57. The first-order valence-electron chi connectivity index (χ1n) is 12.7. The maximum absolute atomic E-state index is 6.21. The molecule has 0 aliphatic rings. The van der Waals surface area contributed by atoms with Crippen molar-refractivity contribution in [3.63, 3.8) is 0 Å². The van der Waals surface area contributed by atoms with Crippen LogP contribution in [0.2, 0.25) is 0 Å². The van der Waals surface area contributed by atoms with E-state index >= 15 is 0 Å². The highest BCUT2D eigenvalue weighted by atomic mass is 15.1. The van der Waals surface area contributed by atoms with E-state index in [1.165, 1.54) is 41.6 Å². The number of anilines is 1. The summed E-state index contributed by atoms with van der Waals surface area (Å²) in [5, 5.41) is 2.21. The van der Waals surface area contributed by atoms with Gasteiger partial charge in [0.15, 0.2) is 5.82 Å². The quantitative estimate of drug-likeness (QED) is 0.271. The van der Waals surface area contributed by atoms with Gasteiger partial charge in [-0.05, 0) is 92.5 Å². The predicted molar refractivity (Wildman–Crippen MR) is 145 cm³/mol. The number of nitrogens with zero attached hydrogens (tertiary/aromatic N) is 3. The van der Waals surface area contributed by atoms with Crippen molar-refractivity contribution in [2.45, 2.75) is 59.3 Å². The predicted octanol–water partition coefficient (Wildman–Crippen LogP) is 6.68. The summed E-state index contributed by atoms with van der Waals surface area (Å²) in [6.07, 6.45) is 6.41. The number of pyridine rings is 2. The van der Waals surface area contributed by atoms with Crippen molar-refractivity contribution in [3.8, 4) is 0 Å². The molecule has 2 aromatic carbocycles. The zero-order chi connectivity index (χ0) is 24.1. The standard InChI is InChI=1S/C30H38N4/c1-5-34(6-2)17-7-8-22(4)25-14-12-23(13-15-25)10-11-24-19-27-26-16-9-21(3)18-28(26)33-30(31)29(27)32-20-24/h9,12-16,18-20,22H,5-8,10-11,17H2,1-4H3,(H2,31,33). The summed E-state index contributed by atoms with van der Waals surface area (Å²) in [7, 11) is 0. The molecule has 34 heavy (non-hydrogen) atoms. The summed E-state index contributed by atoms with van der Waals surface area (Å²) in [5.41, 5.74) is 13.2. The van der Waals surface area contributed by atoms with Crippen molar-refractivity contribution in [2.75, 3.05) is 25.4 Å². The molecule has 4 aromatic rings. The molecule has 1 unspecified atom stereocenters. The normalized spacial score (nSPS) is 12.6. The van der Waals surface area contributed by atoms with E-state index in [1.54, 1.807) is 0 Å². The van der Waals surface area contributed by atoms with Gasteiger partial charge in [-0.3, -0.25) is 4.98 Å². The van der Waals surface area contributed by atoms with Crippen LogP contribution in [0.5, 0.6) is 0 Å². The molecule has 2 aromatic heterocycles. The minimum atomic E-state index is 0.501. The average molecular weight is 455 g/mol. The van der Waals surface area contributed by atoms with Crippen LogP contribution in [0.4, 0.5) is 5.82 Å². The Morgan fingerprint density at radius 2 is 1.65 bits per heavy atom. The van der Waals surface area contributed by atoms with Crippen LogP contribution in [0.3, 0.4) is 0 Å². The molecule has 0 saturated carbocycles. The summed E-state index contributed by atoms with van der Waals surface area (Å²) >= 11 is 0. The van der Waals surface area contributed by atoms with Crippen LogP contribution >= 0.6 is 0 Å². The van der Waals surface area contributed by atoms with Crippen LogP contribution in [0.1, 0.15) is 61.8 Å². The average Bonchev–Trinajstić information content (AvgIpc) is 2.85. The molecule has 0 amide bonds. The Hall–Kier alpha value is -2.98. The van der Waals surface area contributed by atoms with Gasteiger partial charge in [-0.2, -0.15) is 0 Å². The second kappa shape index (κ2) is 11.0. The highest BCUT2D eigenvalue weighted by Gasteiger charge is 2.10. The highest BCUT2D eigenvalue weighted by Crippen LogP contribution is 2.28. The smallest absolute Gasteiger partial charge is 0.150 e. The van der Waals surface area contributed by atoms with Crippen LogP contribution in [-0.4, -0.2) is 34.5 Å². The number of fused-ring (bicyclic) bond motifs is 3. The Morgan fingerprint density at radius 3 is 2.38 bits per heavy atom. The third kappa shape index (κ3) is 5.56. The van der Waals surface area contributed by atoms with Gasteiger partial charge in [0.1, 0.15) is 5.52 Å². The Bertz CT molecular complexity index is 1240. The van der Waals surface area contributed by atoms with E-state index in [9.17, 15) is 0 Å². The topological polar surface area (TPSA) is 55.0 Å². The first-order chi connectivity index (χ1) is 16.5. The fourth-order valence-electron chi connectivity index (χ4n) is 4.83. The number of nitrogen functional groups attached to an aromatic ring is 1. The molecule has 0 radical (unpaired) electrons. The molecule has 0 aliphatic heterocycles. The molecule has 2 heterocycles. The van der Waals surface area contributed by atoms with E-state index in [2.05, 4.69) is 91.1 Å². The summed E-state index contributed by atoms with van der Waals surface area (Å²) in [4.78, 5) is 11.7. The van der Waals surface area contributed by atoms with Gasteiger partial charge in [0.25, 0.3) is 0 Å². The monoisotopic (exact) mass is 454 g/mol. The van der Waals surface area contributed by atoms with Crippen molar-refractivity contribution < 1.29 is 0 Å². The summed E-state index contributed by atoms with van der Waals surface area (Å²) in [6, 6.07) is 17.8. The molecule has 4 heteroatoms. The van der Waals surface area contributed by atoms with Crippen molar-refractivity contribution in [3.05, 3.63) is 77.0 Å². The van der Waals surface area contributed by atoms with Gasteiger partial charge in [-0.15, -0.1) is 0 Å². The molecular formula is C30H38N4. The maximum Gasteiger partial charge on any atom is 0.150 e. The summed E-state index contributed by atoms with van der Waals surface area (Å²) < 4.78 is 0. The third-order valence-electron chi connectivity index (χ3n) is 7.13. The third-order valence-corrected chi connectivity index (χ3v) is 7.13. The van der Waals surface area contributed by atoms with Crippen molar-refractivity contribution in [1.82, 2.24) is 14.9 Å². The lowest BCUT2D eigenvalue weighted by atomic mass is 9.94. The SMILES string of the molecule is CCN(CC)CCCC(C)c1ccc(CCc2cnc3c(N)nc4cc(C)ccc4c3c2)cc1. The first kappa shape index (κ1) is 24.2. The zero-order valence-corrected chi connectivity index (χ0v) is 21.1. The van der Waals surface area contributed by atoms with E-state index in [1.807, 2.05) is 6.20 Å². The van der Waals surface area contributed by atoms with Gasteiger partial charge >= 0.3 is 0 Å². The summed E-state index contributed by atoms with van der Waals surface area (Å²) in [6.45, 7) is 12.4. The summed E-state index contributed by atoms with van der Waals surface area (Å²) in [5.74, 6) is 1.10. The maximum atomic E-state index is 6.21. The number of hydrogen-bond donors (Lipinski definition) is 1. The van der Waals surface area contributed by atoms with Gasteiger partial charge in [-0.25, -0.2) is 4.98 Å². The highest BCUT2D eigenvalue weighted by molar-refractivity contribution is 6.08. The van der Waals surface area contributed by atoms with Gasteiger partial charge in [-0.1, -0.05) is 57.2 Å². The molecule has 178 valence electrons. The molecule has 0 aliphatic carbocycles. The lowest BCUT2D eigenvalue weighted by molar-refractivity contribution is 0.294. The Balaban J connectivity index is 1.41. The molecular weight excluding hydrogens is 416 g/mol. The van der Waals surface area contributed by atoms with Gasteiger partial charge in [0.2, 0.25) is 0 Å². The van der Waals surface area contributed by atoms with Crippen LogP contribution in [0.25, 0.3) is 21.8 Å². The van der Waals surface area contributed by atoms with Crippen LogP contribution in [0, 0.1) is 6.92 Å². The Morgan fingerprint density at radius 1 is 0.912 bits per heavy atom. The van der Waals surface area contributed by atoms with Gasteiger partial charge in [0, 0.05) is 17.0 Å². The molecule has 0 spiro atoms. The Labute approximate surface area is 204 Å². The van der Waals surface area contributed by atoms with E-state index < -0.39 is 0 Å². The number of rotatable bonds is 10. The molecule has 4 rings (SSSR count). The van der Waals surface area contributed by atoms with E-state index in [0.29, 0.717) is 11.7 Å². The van der Waals surface area contributed by atoms with Crippen LogP contribution < -0.4 is 5.73 Å². The van der Waals surface area contributed by atoms with E-state index in [-0.39, 0.29) is 0 Å². The number of hydrogen-bond acceptors (Lipinski definition) is 4. The largest absolute Gasteiger partial charge is 0.382 e. The van der Waals surface area contributed by atoms with Crippen molar-refractivity contribution in [1.29, 1.82) is 0 Å². The molecule has 0 bridgehead atoms. The van der Waals surface area contributed by atoms with Gasteiger partial charge in [0.05, 0.1) is 5.52 Å². The fraction of sp³-hybridized carbons (Fsp3) is 0.400. The molecule has 2 N–H and O–H groups in total. The van der Waals surface area contributed by atoms with Crippen molar-refractivity contribution >= 4 is 27.6 Å². The van der Waals surface area contributed by atoms with E-state index in [0.717, 1.165) is 47.7 Å². The molecule has 4 nitrogen and oxygen atoms in total. The number of aryl methyl sites for hydroxylation is 3. The van der Waals surface area contributed by atoms with Gasteiger partial charge < -0.3 is 10.6 Å². The molecule has 1 atom stereocenters. The van der Waals surface area contributed by atoms with E-state index in [4.69, 9.17) is 5.73 Å². The number of aromatic nitrogens is 2. The number of benzene rings is 2.